The zero-order valence-corrected chi connectivity index (χ0v) is 14.6. The normalized spacial score (nSPS) is 19.6. The highest BCUT2D eigenvalue weighted by Crippen LogP contribution is 2.51. The van der Waals surface area contributed by atoms with E-state index in [0.29, 0.717) is 25.9 Å². The van der Waals surface area contributed by atoms with Gasteiger partial charge in [0.15, 0.2) is 0 Å². The van der Waals surface area contributed by atoms with Crippen LogP contribution in [-0.4, -0.2) is 47.7 Å². The third kappa shape index (κ3) is 2.32. The van der Waals surface area contributed by atoms with E-state index < -0.39 is 11.5 Å². The van der Waals surface area contributed by atoms with Crippen molar-refractivity contribution in [2.24, 2.45) is 0 Å². The summed E-state index contributed by atoms with van der Waals surface area (Å²) < 4.78 is 5.35. The fourth-order valence-electron chi connectivity index (χ4n) is 3.89. The van der Waals surface area contributed by atoms with E-state index in [1.165, 1.54) is 4.90 Å². The topological polar surface area (TPSA) is 70.1 Å². The molecule has 0 bridgehead atoms. The number of likely N-dealkylation sites (tertiary alicyclic amines) is 1. The number of methoxy groups -OCH3 is 1. The summed E-state index contributed by atoms with van der Waals surface area (Å²) in [6.45, 7) is 6.80. The summed E-state index contributed by atoms with van der Waals surface area (Å²) in [6.07, 6.45) is 0.0873. The predicted molar refractivity (Wildman–Crippen MR) is 90.7 cm³/mol. The molecule has 0 unspecified atom stereocenters. The van der Waals surface area contributed by atoms with E-state index >= 15 is 0 Å². The lowest BCUT2D eigenvalue weighted by atomic mass is 9.73. The van der Waals surface area contributed by atoms with Gasteiger partial charge in [0.2, 0.25) is 5.91 Å². The quantitative estimate of drug-likeness (QED) is 0.858. The molecule has 1 aromatic carbocycles. The maximum Gasteiger partial charge on any atom is 0.407 e. The number of nitrogens with zero attached hydrogens (tertiary/aromatic N) is 2. The molecule has 2 aliphatic heterocycles. The van der Waals surface area contributed by atoms with Gasteiger partial charge in [0, 0.05) is 24.3 Å². The van der Waals surface area contributed by atoms with Crippen LogP contribution in [0.4, 0.5) is 10.5 Å². The van der Waals surface area contributed by atoms with E-state index in [-0.39, 0.29) is 11.4 Å². The van der Waals surface area contributed by atoms with Crippen molar-refractivity contribution >= 4 is 17.7 Å². The van der Waals surface area contributed by atoms with Gasteiger partial charge in [0.05, 0.1) is 12.5 Å². The molecular weight excluding hydrogens is 308 g/mol. The Labute approximate surface area is 142 Å². The molecule has 6 heteroatoms. The number of piperidine rings is 1. The van der Waals surface area contributed by atoms with E-state index in [1.54, 1.807) is 7.11 Å². The van der Waals surface area contributed by atoms with Crippen LogP contribution in [0.25, 0.3) is 0 Å². The Bertz CT molecular complexity index is 685. The highest BCUT2D eigenvalue weighted by molar-refractivity contribution is 6.09. The Morgan fingerprint density at radius 1 is 1.25 bits per heavy atom. The molecule has 1 aromatic rings. The van der Waals surface area contributed by atoms with Gasteiger partial charge in [-0.3, -0.25) is 4.79 Å². The van der Waals surface area contributed by atoms with Crippen LogP contribution < -0.4 is 9.64 Å². The molecule has 6 nitrogen and oxygen atoms in total. The van der Waals surface area contributed by atoms with Crippen LogP contribution in [-0.2, 0) is 10.2 Å². The lowest BCUT2D eigenvalue weighted by Gasteiger charge is -2.39. The molecule has 1 spiro atoms. The van der Waals surface area contributed by atoms with Crippen molar-refractivity contribution in [1.29, 1.82) is 0 Å². The minimum absolute atomic E-state index is 0.0725. The molecule has 2 heterocycles. The first-order valence-electron chi connectivity index (χ1n) is 8.22. The van der Waals surface area contributed by atoms with Gasteiger partial charge in [0.25, 0.3) is 0 Å². The number of fused-ring (bicyclic) bond motifs is 2. The number of amides is 2. The van der Waals surface area contributed by atoms with Gasteiger partial charge >= 0.3 is 6.09 Å². The molecule has 3 rings (SSSR count). The van der Waals surface area contributed by atoms with Crippen LogP contribution in [0.1, 0.15) is 39.2 Å². The standard InChI is InChI=1S/C18H24N2O4/c1-17(2,3)20-14-6-5-12(24-4)11-13(14)18(15(20)21)7-9-19(10-8-18)16(22)23/h5-6,11H,7-10H2,1-4H3,(H,22,23). The predicted octanol–water partition coefficient (Wildman–Crippen LogP) is 2.85. The number of benzene rings is 1. The van der Waals surface area contributed by atoms with Crippen LogP contribution >= 0.6 is 0 Å². The number of ether oxygens (including phenoxy) is 1. The van der Waals surface area contributed by atoms with Crippen molar-refractivity contribution in [2.45, 2.75) is 44.6 Å². The zero-order chi connectivity index (χ0) is 17.7. The van der Waals surface area contributed by atoms with Gasteiger partial charge in [-0.2, -0.15) is 0 Å². The molecule has 0 saturated carbocycles. The van der Waals surface area contributed by atoms with Gasteiger partial charge < -0.3 is 19.6 Å². The zero-order valence-electron chi connectivity index (χ0n) is 14.6. The second-order valence-corrected chi connectivity index (χ2v) is 7.55. The molecule has 1 saturated heterocycles. The Balaban J connectivity index is 2.08. The number of carbonyl (C=O) groups excluding carboxylic acids is 1. The fourth-order valence-corrected chi connectivity index (χ4v) is 3.89. The largest absolute Gasteiger partial charge is 0.497 e. The molecule has 0 atom stereocenters. The Morgan fingerprint density at radius 2 is 1.88 bits per heavy atom. The fraction of sp³-hybridized carbons (Fsp3) is 0.556. The van der Waals surface area contributed by atoms with Gasteiger partial charge in [0.1, 0.15) is 5.75 Å². The average Bonchev–Trinajstić information content (AvgIpc) is 2.76. The van der Waals surface area contributed by atoms with E-state index in [4.69, 9.17) is 4.74 Å². The number of hydrogen-bond acceptors (Lipinski definition) is 3. The van der Waals surface area contributed by atoms with Gasteiger partial charge in [-0.15, -0.1) is 0 Å². The maximum absolute atomic E-state index is 13.4. The number of carboxylic acid groups (broad SMARTS) is 1. The molecule has 0 radical (unpaired) electrons. The Hall–Kier alpha value is -2.24. The van der Waals surface area contributed by atoms with Crippen LogP contribution in [0.5, 0.6) is 5.75 Å². The summed E-state index contributed by atoms with van der Waals surface area (Å²) in [5, 5.41) is 9.20. The molecule has 1 fully saturated rings. The molecule has 1 N–H and O–H groups in total. The first kappa shape index (κ1) is 16.6. The van der Waals surface area contributed by atoms with Crippen molar-refractivity contribution in [2.75, 3.05) is 25.1 Å². The molecule has 130 valence electrons. The van der Waals surface area contributed by atoms with Crippen LogP contribution in [0.15, 0.2) is 18.2 Å². The average molecular weight is 332 g/mol. The van der Waals surface area contributed by atoms with E-state index in [0.717, 1.165) is 17.0 Å². The third-order valence-corrected chi connectivity index (χ3v) is 5.13. The van der Waals surface area contributed by atoms with Crippen molar-refractivity contribution in [3.05, 3.63) is 23.8 Å². The monoisotopic (exact) mass is 332 g/mol. The number of carbonyl (C=O) groups is 2. The second-order valence-electron chi connectivity index (χ2n) is 7.55. The minimum Gasteiger partial charge on any atom is -0.497 e. The SMILES string of the molecule is COc1ccc2c(c1)C1(CCN(C(=O)O)CC1)C(=O)N2C(C)(C)C. The van der Waals surface area contributed by atoms with E-state index in [1.807, 2.05) is 43.9 Å². The highest BCUT2D eigenvalue weighted by Gasteiger charge is 2.54. The van der Waals surface area contributed by atoms with Gasteiger partial charge in [-0.25, -0.2) is 4.79 Å². The summed E-state index contributed by atoms with van der Waals surface area (Å²) in [7, 11) is 1.61. The first-order chi connectivity index (χ1) is 11.2. The Kier molecular flexibility index (Phi) is 3.73. The lowest BCUT2D eigenvalue weighted by molar-refractivity contribution is -0.125. The minimum atomic E-state index is -0.922. The highest BCUT2D eigenvalue weighted by atomic mass is 16.5. The molecule has 0 aliphatic carbocycles. The summed E-state index contributed by atoms with van der Waals surface area (Å²) in [5.41, 5.74) is 0.889. The molecule has 0 aromatic heterocycles. The number of rotatable bonds is 1. The van der Waals surface area contributed by atoms with Crippen LogP contribution in [0.2, 0.25) is 0 Å². The van der Waals surface area contributed by atoms with Gasteiger partial charge in [-0.1, -0.05) is 0 Å². The Morgan fingerprint density at radius 3 is 2.38 bits per heavy atom. The number of anilines is 1. The lowest BCUT2D eigenvalue weighted by Crippen LogP contribution is -2.53. The van der Waals surface area contributed by atoms with Crippen molar-refractivity contribution in [3.63, 3.8) is 0 Å². The van der Waals surface area contributed by atoms with Crippen LogP contribution in [0, 0.1) is 0 Å². The van der Waals surface area contributed by atoms with E-state index in [2.05, 4.69) is 0 Å². The molecule has 24 heavy (non-hydrogen) atoms. The summed E-state index contributed by atoms with van der Waals surface area (Å²) in [4.78, 5) is 27.8. The molecule has 2 aliphatic rings. The summed E-state index contributed by atoms with van der Waals surface area (Å²) >= 11 is 0. The number of hydrogen-bond donors (Lipinski definition) is 1. The summed E-state index contributed by atoms with van der Waals surface area (Å²) in [6, 6.07) is 5.75. The van der Waals surface area contributed by atoms with Crippen molar-refractivity contribution in [1.82, 2.24) is 4.90 Å². The molecular formula is C18H24N2O4. The maximum atomic E-state index is 13.4. The first-order valence-corrected chi connectivity index (χ1v) is 8.22. The second kappa shape index (κ2) is 5.40. The summed E-state index contributed by atoms with van der Waals surface area (Å²) in [5.74, 6) is 0.792. The smallest absolute Gasteiger partial charge is 0.407 e. The molecule has 2 amide bonds. The van der Waals surface area contributed by atoms with E-state index in [9.17, 15) is 14.7 Å². The third-order valence-electron chi connectivity index (χ3n) is 5.13. The van der Waals surface area contributed by atoms with Crippen molar-refractivity contribution in [3.8, 4) is 5.75 Å². The van der Waals surface area contributed by atoms with Crippen molar-refractivity contribution < 1.29 is 19.4 Å². The van der Waals surface area contributed by atoms with Gasteiger partial charge in [-0.05, 0) is 57.4 Å². The van der Waals surface area contributed by atoms with Crippen LogP contribution in [0.3, 0.4) is 0 Å².